The van der Waals surface area contributed by atoms with Crippen LogP contribution in [0.25, 0.3) is 0 Å². The van der Waals surface area contributed by atoms with Crippen LogP contribution in [-0.2, 0) is 4.79 Å². The molecule has 34 heavy (non-hydrogen) atoms. The zero-order chi connectivity index (χ0) is 25.5. The number of likely N-dealkylation sites (N-methyl/N-ethyl adjacent to an activating group) is 2. The number of anilines is 2. The fourth-order valence-electron chi connectivity index (χ4n) is 3.44. The summed E-state index contributed by atoms with van der Waals surface area (Å²) in [4.78, 5) is 28.0. The number of nitrogens with two attached hydrogens (primary N) is 1. The van der Waals surface area contributed by atoms with Crippen molar-refractivity contribution in [3.8, 4) is 0 Å². The smallest absolute Gasteiger partial charge is 0.251 e. The first-order valence-corrected chi connectivity index (χ1v) is 12.2. The number of rotatable bonds is 11. The number of nitrogens with one attached hydrogen (secondary N) is 2. The third-order valence-electron chi connectivity index (χ3n) is 5.79. The molecular formula is C27H43N5O2. The van der Waals surface area contributed by atoms with E-state index in [0.29, 0.717) is 24.3 Å². The maximum atomic E-state index is 11.9. The molecule has 0 aliphatic carbocycles. The van der Waals surface area contributed by atoms with Crippen molar-refractivity contribution in [2.24, 2.45) is 0 Å². The van der Waals surface area contributed by atoms with Crippen LogP contribution in [0.4, 0.5) is 11.4 Å². The predicted molar refractivity (Wildman–Crippen MR) is 143 cm³/mol. The summed E-state index contributed by atoms with van der Waals surface area (Å²) in [5, 5.41) is 5.89. The van der Waals surface area contributed by atoms with Gasteiger partial charge in [0.05, 0.1) is 6.54 Å². The highest BCUT2D eigenvalue weighted by Crippen LogP contribution is 2.19. The first-order chi connectivity index (χ1) is 16.2. The Morgan fingerprint density at radius 2 is 1.35 bits per heavy atom. The van der Waals surface area contributed by atoms with Gasteiger partial charge in [0.2, 0.25) is 5.91 Å². The Morgan fingerprint density at radius 3 is 1.85 bits per heavy atom. The van der Waals surface area contributed by atoms with E-state index in [0.717, 1.165) is 49.5 Å². The molecule has 0 saturated carbocycles. The van der Waals surface area contributed by atoms with Gasteiger partial charge in [-0.1, -0.05) is 45.9 Å². The molecule has 0 aliphatic heterocycles. The second-order valence-electron chi connectivity index (χ2n) is 8.18. The summed E-state index contributed by atoms with van der Waals surface area (Å²) >= 11 is 0. The molecule has 2 aromatic rings. The topological polar surface area (TPSA) is 90.7 Å². The summed E-state index contributed by atoms with van der Waals surface area (Å²) in [5.41, 5.74) is 10.1. The Hall–Kier alpha value is -2.90. The number of nitrogen functional groups attached to an aromatic ring is 1. The van der Waals surface area contributed by atoms with Gasteiger partial charge in [0, 0.05) is 30.0 Å². The number of hydrogen-bond acceptors (Lipinski definition) is 5. The molecule has 0 radical (unpaired) electrons. The molecule has 188 valence electrons. The van der Waals surface area contributed by atoms with Crippen LogP contribution in [0.15, 0.2) is 42.5 Å². The average molecular weight is 470 g/mol. The van der Waals surface area contributed by atoms with Crippen LogP contribution in [0.5, 0.6) is 0 Å². The lowest BCUT2D eigenvalue weighted by Gasteiger charge is -2.18. The number of aryl methyl sites for hydroxylation is 2. The maximum absolute atomic E-state index is 11.9. The quantitative estimate of drug-likeness (QED) is 0.434. The lowest BCUT2D eigenvalue weighted by Crippen LogP contribution is -2.34. The van der Waals surface area contributed by atoms with Gasteiger partial charge in [0.25, 0.3) is 5.91 Å². The minimum atomic E-state index is -0.0443. The molecule has 7 heteroatoms. The fourth-order valence-corrected chi connectivity index (χ4v) is 3.44. The molecule has 0 fully saturated rings. The molecule has 0 aromatic heterocycles. The van der Waals surface area contributed by atoms with E-state index < -0.39 is 0 Å². The number of amides is 2. The van der Waals surface area contributed by atoms with Crippen LogP contribution in [0.3, 0.4) is 0 Å². The molecule has 0 spiro atoms. The van der Waals surface area contributed by atoms with Crippen LogP contribution >= 0.6 is 0 Å². The van der Waals surface area contributed by atoms with Crippen molar-refractivity contribution in [1.82, 2.24) is 15.1 Å². The number of carbonyl (C=O) groups is 2. The zero-order valence-electron chi connectivity index (χ0n) is 21.8. The van der Waals surface area contributed by atoms with Crippen molar-refractivity contribution in [3.63, 3.8) is 0 Å². The zero-order valence-corrected chi connectivity index (χ0v) is 21.8. The Bertz CT molecular complexity index is 855. The van der Waals surface area contributed by atoms with Crippen molar-refractivity contribution in [2.45, 2.75) is 41.5 Å². The van der Waals surface area contributed by atoms with Crippen LogP contribution in [-0.4, -0.2) is 67.4 Å². The Labute approximate surface area is 205 Å². The number of nitrogens with zero attached hydrogens (tertiary/aromatic N) is 2. The molecule has 2 amide bonds. The molecule has 2 aromatic carbocycles. The molecule has 0 aliphatic rings. The van der Waals surface area contributed by atoms with E-state index in [9.17, 15) is 9.59 Å². The van der Waals surface area contributed by atoms with Gasteiger partial charge in [-0.15, -0.1) is 0 Å². The van der Waals surface area contributed by atoms with Gasteiger partial charge in [0.15, 0.2) is 0 Å². The van der Waals surface area contributed by atoms with Gasteiger partial charge < -0.3 is 21.3 Å². The van der Waals surface area contributed by atoms with Crippen LogP contribution in [0.2, 0.25) is 0 Å². The Kier molecular flexibility index (Phi) is 13.6. The lowest BCUT2D eigenvalue weighted by molar-refractivity contribution is -0.117. The molecule has 0 atom stereocenters. The first-order valence-electron chi connectivity index (χ1n) is 12.2. The lowest BCUT2D eigenvalue weighted by atomic mass is 10.1. The van der Waals surface area contributed by atoms with Crippen LogP contribution in [0, 0.1) is 13.8 Å². The maximum Gasteiger partial charge on any atom is 0.251 e. The second kappa shape index (κ2) is 15.9. The standard InChI is InChI=1S/C14H22N2O.C13H21N3O/c1-5-16(6-2)10-13(17)15-14-11(3)8-7-9-12(14)4;1-3-16(4-2)10-9-15-13(17)11-5-7-12(14)8-6-11/h7-9H,5-6,10H2,1-4H3,(H,15,17);5-8H,3-4,9-10,14H2,1-2H3,(H,15,17). The monoisotopic (exact) mass is 469 g/mol. The van der Waals surface area contributed by atoms with Crippen LogP contribution in [0.1, 0.15) is 49.2 Å². The largest absolute Gasteiger partial charge is 0.399 e. The van der Waals surface area contributed by atoms with E-state index in [2.05, 4.69) is 48.1 Å². The third kappa shape index (κ3) is 10.4. The molecule has 4 N–H and O–H groups in total. The van der Waals surface area contributed by atoms with Gasteiger partial charge in [-0.05, 0) is 75.4 Å². The van der Waals surface area contributed by atoms with Crippen molar-refractivity contribution in [1.29, 1.82) is 0 Å². The number of hydrogen-bond donors (Lipinski definition) is 3. The molecule has 7 nitrogen and oxygen atoms in total. The average Bonchev–Trinajstić information content (AvgIpc) is 2.83. The van der Waals surface area contributed by atoms with Crippen molar-refractivity contribution in [2.75, 3.05) is 56.9 Å². The van der Waals surface area contributed by atoms with E-state index in [-0.39, 0.29) is 11.8 Å². The predicted octanol–water partition coefficient (Wildman–Crippen LogP) is 3.92. The van der Waals surface area contributed by atoms with Crippen molar-refractivity contribution < 1.29 is 9.59 Å². The van der Waals surface area contributed by atoms with Crippen molar-refractivity contribution >= 4 is 23.2 Å². The van der Waals surface area contributed by atoms with Gasteiger partial charge in [0.1, 0.15) is 0 Å². The van der Waals surface area contributed by atoms with E-state index >= 15 is 0 Å². The summed E-state index contributed by atoms with van der Waals surface area (Å²) < 4.78 is 0. The number of para-hydroxylation sites is 1. The van der Waals surface area contributed by atoms with E-state index in [1.807, 2.05) is 32.0 Å². The van der Waals surface area contributed by atoms with Gasteiger partial charge in [-0.25, -0.2) is 0 Å². The van der Waals surface area contributed by atoms with Gasteiger partial charge in [-0.2, -0.15) is 0 Å². The summed E-state index contributed by atoms with van der Waals surface area (Å²) in [5.74, 6) is 0.0169. The van der Waals surface area contributed by atoms with E-state index in [4.69, 9.17) is 5.73 Å². The minimum absolute atomic E-state index is 0.0443. The summed E-state index contributed by atoms with van der Waals surface area (Å²) in [6.45, 7) is 18.2. The fraction of sp³-hybridized carbons (Fsp3) is 0.481. The number of carbonyl (C=O) groups excluding carboxylic acids is 2. The molecule has 0 unspecified atom stereocenters. The van der Waals surface area contributed by atoms with Crippen molar-refractivity contribution in [3.05, 3.63) is 59.2 Å². The first kappa shape index (κ1) is 29.1. The second-order valence-corrected chi connectivity index (χ2v) is 8.18. The highest BCUT2D eigenvalue weighted by molar-refractivity contribution is 5.94. The third-order valence-corrected chi connectivity index (χ3v) is 5.79. The van der Waals surface area contributed by atoms with Gasteiger partial charge >= 0.3 is 0 Å². The van der Waals surface area contributed by atoms with Crippen LogP contribution < -0.4 is 16.4 Å². The molecule has 2 rings (SSSR count). The normalized spacial score (nSPS) is 10.6. The highest BCUT2D eigenvalue weighted by Gasteiger charge is 2.10. The highest BCUT2D eigenvalue weighted by atomic mass is 16.2. The number of benzene rings is 2. The molecule has 0 bridgehead atoms. The summed E-state index contributed by atoms with van der Waals surface area (Å²) in [6, 6.07) is 13.0. The molecular weight excluding hydrogens is 426 g/mol. The minimum Gasteiger partial charge on any atom is -0.399 e. The van der Waals surface area contributed by atoms with Gasteiger partial charge in [-0.3, -0.25) is 14.5 Å². The summed E-state index contributed by atoms with van der Waals surface area (Å²) in [6.07, 6.45) is 0. The Balaban J connectivity index is 0.000000340. The Morgan fingerprint density at radius 1 is 0.824 bits per heavy atom. The molecule has 0 heterocycles. The molecule has 0 saturated heterocycles. The van der Waals surface area contributed by atoms with E-state index in [1.165, 1.54) is 0 Å². The van der Waals surface area contributed by atoms with E-state index in [1.54, 1.807) is 24.3 Å². The SMILES string of the molecule is CCN(CC)CC(=O)Nc1c(C)cccc1C.CCN(CC)CCNC(=O)c1ccc(N)cc1. The summed E-state index contributed by atoms with van der Waals surface area (Å²) in [7, 11) is 0.